The second-order valence-electron chi connectivity index (χ2n) is 10.1. The van der Waals surface area contributed by atoms with Crippen LogP contribution < -0.4 is 14.4 Å². The van der Waals surface area contributed by atoms with Crippen LogP contribution in [0.15, 0.2) is 53.4 Å². The van der Waals surface area contributed by atoms with Crippen LogP contribution in [0.1, 0.15) is 50.2 Å². The summed E-state index contributed by atoms with van der Waals surface area (Å²) in [6.07, 6.45) is 7.67. The SMILES string of the molecule is CCCc1cc(Cl)ccc1C1COc2ccc3cc2N(CCC(CC)C(OC)/C=C/COCC(=O)NS3=O)C1. The Hall–Kier alpha value is -2.39. The third-order valence-corrected chi connectivity index (χ3v) is 8.77. The highest BCUT2D eigenvalue weighted by atomic mass is 35.5. The highest BCUT2D eigenvalue weighted by Crippen LogP contribution is 2.38. The molecule has 39 heavy (non-hydrogen) atoms. The number of rotatable bonds is 5. The first-order chi connectivity index (χ1) is 18.9. The van der Waals surface area contributed by atoms with Crippen molar-refractivity contribution in [2.24, 2.45) is 5.92 Å². The van der Waals surface area contributed by atoms with E-state index in [9.17, 15) is 9.00 Å². The molecule has 4 rings (SSSR count). The summed E-state index contributed by atoms with van der Waals surface area (Å²) in [5.74, 6) is 0.733. The lowest BCUT2D eigenvalue weighted by molar-refractivity contribution is -0.123. The standard InChI is InChI=1S/C30H39ClN2O5S/c1-4-7-22-16-24(31)9-11-26(22)23-18-33-14-13-21(5-2)28(36-3)8-6-15-37-20-30(34)32-39(35)25-10-12-29(38-19-23)27(33)17-25/h6,8-12,16-17,21,23,28H,4-5,7,13-15,18-20H2,1-3H3,(H,32,34)/b8-6+. The minimum atomic E-state index is -1.71. The lowest BCUT2D eigenvalue weighted by Crippen LogP contribution is -2.33. The van der Waals surface area contributed by atoms with Crippen LogP contribution in [0.3, 0.4) is 0 Å². The molecule has 9 heteroatoms. The van der Waals surface area contributed by atoms with Gasteiger partial charge >= 0.3 is 0 Å². The molecule has 7 nitrogen and oxygen atoms in total. The zero-order chi connectivity index (χ0) is 27.8. The largest absolute Gasteiger partial charge is 0.491 e. The number of aryl methyl sites for hydroxylation is 1. The van der Waals surface area contributed by atoms with Crippen molar-refractivity contribution in [1.82, 2.24) is 4.72 Å². The molecule has 2 aromatic carbocycles. The molecule has 0 aromatic heterocycles. The number of carbonyl (C=O) groups is 1. The fraction of sp³-hybridized carbons (Fsp3) is 0.500. The van der Waals surface area contributed by atoms with Gasteiger partial charge in [0.15, 0.2) is 11.0 Å². The molecule has 0 spiro atoms. The van der Waals surface area contributed by atoms with Crippen molar-refractivity contribution in [3.8, 4) is 5.75 Å². The van der Waals surface area contributed by atoms with Gasteiger partial charge in [-0.15, -0.1) is 0 Å². The van der Waals surface area contributed by atoms with Gasteiger partial charge in [0.05, 0.1) is 29.9 Å². The number of fused-ring (bicyclic) bond motifs is 1. The first-order valence-corrected chi connectivity index (χ1v) is 15.2. The van der Waals surface area contributed by atoms with Crippen molar-refractivity contribution in [2.75, 3.05) is 44.9 Å². The van der Waals surface area contributed by atoms with E-state index in [-0.39, 0.29) is 31.2 Å². The maximum absolute atomic E-state index is 13.0. The van der Waals surface area contributed by atoms with Crippen molar-refractivity contribution in [3.05, 3.63) is 64.7 Å². The van der Waals surface area contributed by atoms with Crippen LogP contribution in [0.25, 0.3) is 0 Å². The number of hydrogen-bond acceptors (Lipinski definition) is 6. The van der Waals surface area contributed by atoms with E-state index in [2.05, 4.69) is 35.6 Å². The Morgan fingerprint density at radius 3 is 2.82 bits per heavy atom. The summed E-state index contributed by atoms with van der Waals surface area (Å²) < 4.78 is 33.2. The number of ether oxygens (including phenoxy) is 3. The van der Waals surface area contributed by atoms with Gasteiger partial charge in [-0.3, -0.25) is 9.52 Å². The van der Waals surface area contributed by atoms with E-state index in [0.717, 1.165) is 55.2 Å². The summed E-state index contributed by atoms with van der Waals surface area (Å²) in [6, 6.07) is 11.6. The Labute approximate surface area is 239 Å². The van der Waals surface area contributed by atoms with E-state index in [0.29, 0.717) is 11.5 Å². The van der Waals surface area contributed by atoms with Crippen molar-refractivity contribution < 1.29 is 23.2 Å². The lowest BCUT2D eigenvalue weighted by atomic mass is 9.91. The molecule has 0 saturated heterocycles. The Balaban J connectivity index is 1.72. The number of nitrogens with one attached hydrogen (secondary N) is 1. The average molecular weight is 575 g/mol. The van der Waals surface area contributed by atoms with E-state index in [1.54, 1.807) is 13.2 Å². The highest BCUT2D eigenvalue weighted by Gasteiger charge is 2.28. The Bertz CT molecular complexity index is 1190. The molecule has 2 aromatic rings. The van der Waals surface area contributed by atoms with Gasteiger partial charge in [-0.2, -0.15) is 0 Å². The highest BCUT2D eigenvalue weighted by molar-refractivity contribution is 7.83. The molecule has 4 unspecified atom stereocenters. The summed E-state index contributed by atoms with van der Waals surface area (Å²) in [5.41, 5.74) is 3.38. The maximum atomic E-state index is 13.0. The van der Waals surface area contributed by atoms with E-state index in [1.807, 2.05) is 30.4 Å². The van der Waals surface area contributed by atoms with E-state index in [4.69, 9.17) is 25.8 Å². The number of carbonyl (C=O) groups excluding carboxylic acids is 1. The van der Waals surface area contributed by atoms with Gasteiger partial charge in [0.25, 0.3) is 5.91 Å². The molecular formula is C30H39ClN2O5S. The number of amides is 1. The number of nitrogens with zero attached hydrogens (tertiary/aromatic N) is 1. The molecule has 212 valence electrons. The molecular weight excluding hydrogens is 536 g/mol. The molecule has 0 aliphatic carbocycles. The Kier molecular flexibility index (Phi) is 10.9. The van der Waals surface area contributed by atoms with Gasteiger partial charge in [-0.05, 0) is 60.2 Å². The van der Waals surface area contributed by atoms with Gasteiger partial charge in [0, 0.05) is 31.1 Å². The van der Waals surface area contributed by atoms with Crippen LogP contribution in [0, 0.1) is 5.92 Å². The first-order valence-electron chi connectivity index (χ1n) is 13.7. The minimum Gasteiger partial charge on any atom is -0.491 e. The molecule has 0 fully saturated rings. The number of anilines is 1. The van der Waals surface area contributed by atoms with Crippen molar-refractivity contribution in [1.29, 1.82) is 0 Å². The first kappa shape index (κ1) is 29.6. The summed E-state index contributed by atoms with van der Waals surface area (Å²) >= 11 is 6.37. The Morgan fingerprint density at radius 1 is 1.21 bits per heavy atom. The number of benzene rings is 2. The topological polar surface area (TPSA) is 77.1 Å². The predicted molar refractivity (Wildman–Crippen MR) is 156 cm³/mol. The quantitative estimate of drug-likeness (QED) is 0.480. The van der Waals surface area contributed by atoms with Crippen LogP contribution in [-0.2, 0) is 31.7 Å². The fourth-order valence-electron chi connectivity index (χ4n) is 5.40. The third kappa shape index (κ3) is 7.63. The van der Waals surface area contributed by atoms with Crippen molar-refractivity contribution in [3.63, 3.8) is 0 Å². The second-order valence-corrected chi connectivity index (χ2v) is 11.7. The average Bonchev–Trinajstić information content (AvgIpc) is 3.10. The van der Waals surface area contributed by atoms with E-state index < -0.39 is 16.9 Å². The number of halogens is 1. The third-order valence-electron chi connectivity index (χ3n) is 7.44. The number of methoxy groups -OCH3 is 1. The minimum absolute atomic E-state index is 0.0647. The molecule has 1 N–H and O–H groups in total. The van der Waals surface area contributed by atoms with Crippen LogP contribution in [0.2, 0.25) is 5.02 Å². The van der Waals surface area contributed by atoms with E-state index in [1.165, 1.54) is 11.1 Å². The van der Waals surface area contributed by atoms with Crippen molar-refractivity contribution in [2.45, 2.75) is 56.4 Å². The zero-order valence-electron chi connectivity index (χ0n) is 23.0. The zero-order valence-corrected chi connectivity index (χ0v) is 24.6. The molecule has 2 heterocycles. The molecule has 1 amide bonds. The number of hydrogen-bond donors (Lipinski definition) is 1. The van der Waals surface area contributed by atoms with Gasteiger partial charge in [-0.1, -0.05) is 56.5 Å². The van der Waals surface area contributed by atoms with Crippen LogP contribution in [-0.4, -0.2) is 56.2 Å². The van der Waals surface area contributed by atoms with Gasteiger partial charge in [-0.25, -0.2) is 4.21 Å². The predicted octanol–water partition coefficient (Wildman–Crippen LogP) is 5.43. The molecule has 2 aliphatic heterocycles. The molecule has 2 bridgehead atoms. The van der Waals surface area contributed by atoms with Gasteiger partial charge in [0.2, 0.25) is 0 Å². The molecule has 4 atom stereocenters. The van der Waals surface area contributed by atoms with Gasteiger partial charge in [0.1, 0.15) is 12.4 Å². The molecule has 2 aliphatic rings. The van der Waals surface area contributed by atoms with Crippen LogP contribution in [0.4, 0.5) is 5.69 Å². The fourth-order valence-corrected chi connectivity index (χ4v) is 6.39. The summed E-state index contributed by atoms with van der Waals surface area (Å²) in [6.45, 7) is 6.50. The van der Waals surface area contributed by atoms with E-state index >= 15 is 0 Å². The molecule has 0 radical (unpaired) electrons. The Morgan fingerprint density at radius 2 is 2.05 bits per heavy atom. The molecule has 0 saturated carbocycles. The lowest BCUT2D eigenvalue weighted by Gasteiger charge is -2.31. The van der Waals surface area contributed by atoms with Crippen LogP contribution >= 0.6 is 11.6 Å². The normalized spacial score (nSPS) is 25.3. The monoisotopic (exact) mass is 574 g/mol. The van der Waals surface area contributed by atoms with Crippen LogP contribution in [0.5, 0.6) is 5.75 Å². The maximum Gasteiger partial charge on any atom is 0.257 e. The van der Waals surface area contributed by atoms with Crippen molar-refractivity contribution >= 4 is 34.2 Å². The smallest absolute Gasteiger partial charge is 0.257 e. The summed E-state index contributed by atoms with van der Waals surface area (Å²) in [4.78, 5) is 15.2. The summed E-state index contributed by atoms with van der Waals surface area (Å²) in [5, 5.41) is 0.744. The van der Waals surface area contributed by atoms with Gasteiger partial charge < -0.3 is 19.1 Å². The second kappa shape index (κ2) is 14.3. The summed E-state index contributed by atoms with van der Waals surface area (Å²) in [7, 11) is 0.0157.